The molecule has 2 aliphatic heterocycles. The first-order chi connectivity index (χ1) is 20.3. The lowest BCUT2D eigenvalue weighted by atomic mass is 9.94. The number of hydrogen-bond donors (Lipinski definition) is 4. The maximum Gasteiger partial charge on any atom is 0.415 e. The van der Waals surface area contributed by atoms with Gasteiger partial charge in [-0.15, -0.1) is 0 Å². The Morgan fingerprint density at radius 2 is 1.86 bits per heavy atom. The largest absolute Gasteiger partial charge is 0.415 e. The predicted molar refractivity (Wildman–Crippen MR) is 145 cm³/mol. The molecule has 14 heteroatoms. The van der Waals surface area contributed by atoms with Crippen LogP contribution in [0.25, 0.3) is 11.2 Å². The van der Waals surface area contributed by atoms with Gasteiger partial charge < -0.3 is 35.6 Å². The van der Waals surface area contributed by atoms with Crippen LogP contribution in [0.4, 0.5) is 15.0 Å². The number of nitrogens with zero attached hydrogens (tertiary/aromatic N) is 5. The maximum absolute atomic E-state index is 13.1. The minimum Gasteiger partial charge on any atom is -0.410 e. The van der Waals surface area contributed by atoms with Crippen molar-refractivity contribution in [3.8, 4) is 17.6 Å². The number of nitrogens with two attached hydrogens (primary N) is 1. The van der Waals surface area contributed by atoms with Crippen molar-refractivity contribution in [2.24, 2.45) is 5.92 Å². The lowest BCUT2D eigenvalue weighted by molar-refractivity contribution is -0.137. The Hall–Kier alpha value is -4.32. The van der Waals surface area contributed by atoms with Gasteiger partial charge >= 0.3 is 6.09 Å². The van der Waals surface area contributed by atoms with Crippen LogP contribution in [0.15, 0.2) is 30.6 Å². The summed E-state index contributed by atoms with van der Waals surface area (Å²) in [5.41, 5.74) is 6.63. The zero-order chi connectivity index (χ0) is 29.4. The number of carbonyl (C=O) groups is 2. The molecule has 1 aliphatic carbocycles. The number of aliphatic hydroxyl groups is 2. The third-order valence-electron chi connectivity index (χ3n) is 7.63. The number of anilines is 1. The molecule has 220 valence electrons. The van der Waals surface area contributed by atoms with Crippen molar-refractivity contribution in [1.82, 2.24) is 29.7 Å². The standard InChI is InChI=1S/C28H30FN7O6/c29-16-4-8-18(9-5-16)41-28(40)35-12-10-15(11-13-35)2-1-3-19-33-24(30)20-25(34-19)36(14-31-20)27-22(38)21(37)23(42-27)26(39)32-17-6-7-17/h4-5,8-9,14-15,17,21-23,27,37-38H,2,6-7,10-13H2,(H,32,39)(H2,30,33,34)/t21-,22+,23-,27+/m0/s1. The summed E-state index contributed by atoms with van der Waals surface area (Å²) in [7, 11) is 0. The Labute approximate surface area is 239 Å². The highest BCUT2D eigenvalue weighted by molar-refractivity contribution is 5.83. The summed E-state index contributed by atoms with van der Waals surface area (Å²) in [6.45, 7) is 1.02. The number of nitrogen functional groups attached to an aromatic ring is 1. The number of aliphatic hydroxyl groups excluding tert-OH is 2. The summed E-state index contributed by atoms with van der Waals surface area (Å²) >= 11 is 0. The number of ether oxygens (including phenoxy) is 2. The molecular weight excluding hydrogens is 549 g/mol. The molecule has 0 radical (unpaired) electrons. The summed E-state index contributed by atoms with van der Waals surface area (Å²) in [4.78, 5) is 39.4. The van der Waals surface area contributed by atoms with Gasteiger partial charge in [-0.25, -0.2) is 24.1 Å². The van der Waals surface area contributed by atoms with E-state index in [4.69, 9.17) is 15.2 Å². The summed E-state index contributed by atoms with van der Waals surface area (Å²) in [6, 6.07) is 5.36. The van der Waals surface area contributed by atoms with Crippen molar-refractivity contribution in [1.29, 1.82) is 0 Å². The average Bonchev–Trinajstić information content (AvgIpc) is 3.61. The molecule has 42 heavy (non-hydrogen) atoms. The van der Waals surface area contributed by atoms with E-state index in [1.54, 1.807) is 4.90 Å². The van der Waals surface area contributed by atoms with Crippen LogP contribution >= 0.6 is 0 Å². The van der Waals surface area contributed by atoms with E-state index in [2.05, 4.69) is 32.1 Å². The van der Waals surface area contributed by atoms with Gasteiger partial charge in [-0.05, 0) is 61.8 Å². The van der Waals surface area contributed by atoms with Crippen LogP contribution in [0.2, 0.25) is 0 Å². The van der Waals surface area contributed by atoms with Gasteiger partial charge in [0, 0.05) is 25.6 Å². The first kappa shape index (κ1) is 27.8. The number of halogens is 1. The first-order valence-electron chi connectivity index (χ1n) is 13.8. The minimum atomic E-state index is -1.43. The number of hydrogen-bond acceptors (Lipinski definition) is 10. The molecule has 0 bridgehead atoms. The highest BCUT2D eigenvalue weighted by Crippen LogP contribution is 2.33. The van der Waals surface area contributed by atoms with Crippen molar-refractivity contribution >= 4 is 29.0 Å². The summed E-state index contributed by atoms with van der Waals surface area (Å²) in [5, 5.41) is 23.9. The van der Waals surface area contributed by atoms with Crippen LogP contribution in [-0.2, 0) is 9.53 Å². The van der Waals surface area contributed by atoms with E-state index in [9.17, 15) is 24.2 Å². The van der Waals surface area contributed by atoms with Crippen molar-refractivity contribution in [2.75, 3.05) is 18.8 Å². The Morgan fingerprint density at radius 3 is 2.57 bits per heavy atom. The molecule has 1 aromatic carbocycles. The van der Waals surface area contributed by atoms with Gasteiger partial charge in [0.1, 0.15) is 29.3 Å². The number of amides is 2. The number of likely N-dealkylation sites (tertiary alicyclic amines) is 1. The van der Waals surface area contributed by atoms with Crippen LogP contribution < -0.4 is 15.8 Å². The Morgan fingerprint density at radius 1 is 1.12 bits per heavy atom. The van der Waals surface area contributed by atoms with Gasteiger partial charge in [-0.2, -0.15) is 0 Å². The van der Waals surface area contributed by atoms with E-state index in [0.717, 1.165) is 25.7 Å². The van der Waals surface area contributed by atoms with Gasteiger partial charge in [0.2, 0.25) is 5.82 Å². The Bertz CT molecular complexity index is 1540. The molecule has 0 spiro atoms. The number of rotatable bonds is 5. The van der Waals surface area contributed by atoms with E-state index in [1.165, 1.54) is 35.2 Å². The number of nitrogens with one attached hydrogen (secondary N) is 1. The zero-order valence-corrected chi connectivity index (χ0v) is 22.5. The van der Waals surface area contributed by atoms with Crippen LogP contribution in [0, 0.1) is 23.6 Å². The van der Waals surface area contributed by atoms with E-state index in [0.29, 0.717) is 19.5 Å². The quantitative estimate of drug-likeness (QED) is 0.320. The number of piperidine rings is 1. The van der Waals surface area contributed by atoms with Crippen molar-refractivity contribution in [3.63, 3.8) is 0 Å². The molecule has 2 amide bonds. The number of fused-ring (bicyclic) bond motifs is 1. The minimum absolute atomic E-state index is 0.0733. The van der Waals surface area contributed by atoms with E-state index in [-0.39, 0.29) is 40.5 Å². The fourth-order valence-corrected chi connectivity index (χ4v) is 5.06. The summed E-state index contributed by atoms with van der Waals surface area (Å²) in [6.07, 6.45) is -0.528. The molecule has 0 unspecified atom stereocenters. The molecule has 3 aliphatic rings. The normalized spacial score (nSPS) is 24.3. The van der Waals surface area contributed by atoms with Gasteiger partial charge in [0.05, 0.1) is 6.33 Å². The van der Waals surface area contributed by atoms with Gasteiger partial charge in [0.25, 0.3) is 5.91 Å². The van der Waals surface area contributed by atoms with Crippen molar-refractivity contribution in [3.05, 3.63) is 42.2 Å². The molecular formula is C28H30FN7O6. The molecule has 3 aromatic rings. The fourth-order valence-electron chi connectivity index (χ4n) is 5.06. The number of imidazole rings is 1. The number of benzene rings is 1. The van der Waals surface area contributed by atoms with Crippen LogP contribution in [0.1, 0.15) is 44.2 Å². The first-order valence-corrected chi connectivity index (χ1v) is 13.8. The smallest absolute Gasteiger partial charge is 0.410 e. The second-order valence-corrected chi connectivity index (χ2v) is 10.7. The molecule has 3 fully saturated rings. The molecule has 2 aromatic heterocycles. The highest BCUT2D eigenvalue weighted by atomic mass is 19.1. The van der Waals surface area contributed by atoms with E-state index < -0.39 is 42.4 Å². The van der Waals surface area contributed by atoms with Gasteiger partial charge in [-0.3, -0.25) is 9.36 Å². The van der Waals surface area contributed by atoms with Crippen LogP contribution in [-0.4, -0.2) is 84.1 Å². The number of aromatic nitrogens is 4. The van der Waals surface area contributed by atoms with Crippen LogP contribution in [0.5, 0.6) is 5.75 Å². The SMILES string of the molecule is Nc1nc(C#CCC2CCN(C(=O)Oc3ccc(F)cc3)CC2)nc2c1ncn2[C@@H]1O[C@H](C(=O)NC2CC2)[C@@H](O)[C@H]1O. The van der Waals surface area contributed by atoms with Gasteiger partial charge in [-0.1, -0.05) is 5.92 Å². The molecule has 13 nitrogen and oxygen atoms in total. The maximum atomic E-state index is 13.1. The lowest BCUT2D eigenvalue weighted by Gasteiger charge is -2.30. The van der Waals surface area contributed by atoms with E-state index in [1.807, 2.05) is 0 Å². The summed E-state index contributed by atoms with van der Waals surface area (Å²) in [5.74, 6) is 5.92. The topological polar surface area (TPSA) is 178 Å². The molecule has 1 saturated carbocycles. The highest BCUT2D eigenvalue weighted by Gasteiger charge is 2.48. The lowest BCUT2D eigenvalue weighted by Crippen LogP contribution is -2.43. The third kappa shape index (κ3) is 5.85. The van der Waals surface area contributed by atoms with Crippen LogP contribution in [0.3, 0.4) is 0 Å². The summed E-state index contributed by atoms with van der Waals surface area (Å²) < 4.78 is 25.6. The monoisotopic (exact) mass is 579 g/mol. The Kier molecular flexibility index (Phi) is 7.63. The third-order valence-corrected chi connectivity index (χ3v) is 7.63. The molecule has 5 N–H and O–H groups in total. The number of carbonyl (C=O) groups excluding carboxylic acids is 2. The molecule has 2 saturated heterocycles. The second kappa shape index (κ2) is 11.5. The van der Waals surface area contributed by atoms with Gasteiger partial charge in [0.15, 0.2) is 23.8 Å². The fraction of sp³-hybridized carbons (Fsp3) is 0.464. The predicted octanol–water partition coefficient (Wildman–Crippen LogP) is 1.10. The molecule has 4 heterocycles. The average molecular weight is 580 g/mol. The second-order valence-electron chi connectivity index (χ2n) is 10.7. The zero-order valence-electron chi connectivity index (χ0n) is 22.5. The molecule has 4 atom stereocenters. The molecule has 6 rings (SSSR count). The van der Waals surface area contributed by atoms with Crippen molar-refractivity contribution in [2.45, 2.75) is 62.7 Å². The van der Waals surface area contributed by atoms with Crippen molar-refractivity contribution < 1.29 is 33.7 Å². The van der Waals surface area contributed by atoms with E-state index >= 15 is 0 Å². The Balaban J connectivity index is 1.08.